The molecule has 0 N–H and O–H groups in total. The van der Waals surface area contributed by atoms with E-state index in [2.05, 4.69) is 50.3 Å². The van der Waals surface area contributed by atoms with Crippen LogP contribution in [0, 0.1) is 0 Å². The van der Waals surface area contributed by atoms with Crippen LogP contribution in [0.25, 0.3) is 0 Å². The first-order valence-electron chi connectivity index (χ1n) is 32.7. The number of allylic oxidation sites excluding steroid dienone is 6. The smallest absolute Gasteiger partial charge is 0.306 e. The molecular formula is C66H126NO8P. The molecule has 2 atom stereocenters. The number of nitrogens with zero attached hydrogens (tertiary/aromatic N) is 1. The van der Waals surface area contributed by atoms with E-state index in [1.165, 1.54) is 250 Å². The van der Waals surface area contributed by atoms with Gasteiger partial charge in [-0.1, -0.05) is 275 Å². The van der Waals surface area contributed by atoms with E-state index < -0.39 is 26.5 Å². The Kier molecular flexibility index (Phi) is 56.6. The summed E-state index contributed by atoms with van der Waals surface area (Å²) >= 11 is 0. The Morgan fingerprint density at radius 3 is 1.05 bits per heavy atom. The summed E-state index contributed by atoms with van der Waals surface area (Å²) in [5.41, 5.74) is 0. The molecule has 0 aliphatic heterocycles. The second-order valence-electron chi connectivity index (χ2n) is 23.5. The Labute approximate surface area is 471 Å². The largest absolute Gasteiger partial charge is 0.756 e. The maximum absolute atomic E-state index is 12.8. The Morgan fingerprint density at radius 1 is 0.408 bits per heavy atom. The van der Waals surface area contributed by atoms with Gasteiger partial charge in [-0.15, -0.1) is 0 Å². The van der Waals surface area contributed by atoms with Crippen LogP contribution >= 0.6 is 7.82 Å². The first-order chi connectivity index (χ1) is 37.0. The lowest BCUT2D eigenvalue weighted by molar-refractivity contribution is -0.870. The summed E-state index contributed by atoms with van der Waals surface area (Å²) < 4.78 is 34.3. The van der Waals surface area contributed by atoms with Crippen LogP contribution in [-0.2, 0) is 32.7 Å². The number of esters is 2. The quantitative estimate of drug-likeness (QED) is 0.0195. The maximum Gasteiger partial charge on any atom is 0.306 e. The van der Waals surface area contributed by atoms with Crippen molar-refractivity contribution in [2.24, 2.45) is 0 Å². The lowest BCUT2D eigenvalue weighted by atomic mass is 10.0. The van der Waals surface area contributed by atoms with Crippen molar-refractivity contribution in [3.8, 4) is 0 Å². The number of phosphoric ester groups is 1. The van der Waals surface area contributed by atoms with E-state index in [0.717, 1.165) is 38.5 Å². The molecule has 0 saturated heterocycles. The summed E-state index contributed by atoms with van der Waals surface area (Å²) in [4.78, 5) is 38.0. The Morgan fingerprint density at radius 2 is 0.711 bits per heavy atom. The van der Waals surface area contributed by atoms with Gasteiger partial charge in [0.15, 0.2) is 6.10 Å². The van der Waals surface area contributed by atoms with Gasteiger partial charge >= 0.3 is 11.9 Å². The summed E-state index contributed by atoms with van der Waals surface area (Å²) in [5.74, 6) is -0.817. The van der Waals surface area contributed by atoms with E-state index in [-0.39, 0.29) is 32.0 Å². The van der Waals surface area contributed by atoms with Crippen molar-refractivity contribution < 1.29 is 42.1 Å². The number of carbonyl (C=O) groups is 2. The number of ether oxygens (including phenoxy) is 2. The first-order valence-corrected chi connectivity index (χ1v) is 34.2. The minimum Gasteiger partial charge on any atom is -0.756 e. The van der Waals surface area contributed by atoms with Crippen molar-refractivity contribution in [2.45, 2.75) is 328 Å². The van der Waals surface area contributed by atoms with Crippen LogP contribution in [0.2, 0.25) is 0 Å². The van der Waals surface area contributed by atoms with E-state index >= 15 is 0 Å². The summed E-state index contributed by atoms with van der Waals surface area (Å²) in [6.07, 6.45) is 72.1. The van der Waals surface area contributed by atoms with Crippen molar-refractivity contribution in [2.75, 3.05) is 47.5 Å². The van der Waals surface area contributed by atoms with Gasteiger partial charge in [-0.3, -0.25) is 14.2 Å². The van der Waals surface area contributed by atoms with Crippen molar-refractivity contribution in [1.29, 1.82) is 0 Å². The molecule has 0 aromatic heterocycles. The fraction of sp³-hybridized carbons (Fsp3) is 0.879. The number of phosphoric acid groups is 1. The Hall–Kier alpha value is -1.77. The second kappa shape index (κ2) is 57.9. The molecule has 0 amide bonds. The van der Waals surface area contributed by atoms with Gasteiger partial charge in [0.25, 0.3) is 7.82 Å². The second-order valence-corrected chi connectivity index (χ2v) is 24.9. The fourth-order valence-corrected chi connectivity index (χ4v) is 10.3. The fourth-order valence-electron chi connectivity index (χ4n) is 9.57. The molecule has 0 aliphatic rings. The SMILES string of the molecule is CCCCCCC/C=C\C/C=C\CCCCCCCCCCCCCCCCCCCC(=O)OC(COC(=O)CCCCCCCCCCCCC/C=C\CCCCCCCCCC)COP(=O)([O-])OCC[N+](C)(C)C. The highest BCUT2D eigenvalue weighted by atomic mass is 31.2. The van der Waals surface area contributed by atoms with E-state index in [0.29, 0.717) is 17.4 Å². The lowest BCUT2D eigenvalue weighted by Crippen LogP contribution is -2.37. The van der Waals surface area contributed by atoms with E-state index in [1.807, 2.05) is 21.1 Å². The first kappa shape index (κ1) is 74.2. The minimum absolute atomic E-state index is 0.0289. The highest BCUT2D eigenvalue weighted by molar-refractivity contribution is 7.45. The molecule has 0 saturated carbocycles. The highest BCUT2D eigenvalue weighted by Gasteiger charge is 2.22. The molecule has 0 aliphatic carbocycles. The lowest BCUT2D eigenvalue weighted by Gasteiger charge is -2.28. The average molecular weight is 1090 g/mol. The van der Waals surface area contributed by atoms with Crippen LogP contribution < -0.4 is 4.89 Å². The molecule has 0 spiro atoms. The predicted octanol–water partition coefficient (Wildman–Crippen LogP) is 20.1. The van der Waals surface area contributed by atoms with Gasteiger partial charge in [0.2, 0.25) is 0 Å². The van der Waals surface area contributed by atoms with Crippen molar-refractivity contribution in [1.82, 2.24) is 0 Å². The van der Waals surface area contributed by atoms with Gasteiger partial charge in [-0.2, -0.15) is 0 Å². The molecule has 448 valence electrons. The molecule has 9 nitrogen and oxygen atoms in total. The summed E-state index contributed by atoms with van der Waals surface area (Å²) in [7, 11) is 1.18. The zero-order valence-corrected chi connectivity index (χ0v) is 51.9. The molecule has 0 fully saturated rings. The monoisotopic (exact) mass is 1090 g/mol. The number of likely N-dealkylation sites (N-methyl/N-ethyl adjacent to an activating group) is 1. The summed E-state index contributed by atoms with van der Waals surface area (Å²) in [6, 6.07) is 0. The van der Waals surface area contributed by atoms with Gasteiger partial charge < -0.3 is 27.9 Å². The van der Waals surface area contributed by atoms with Crippen molar-refractivity contribution in [3.63, 3.8) is 0 Å². The van der Waals surface area contributed by atoms with E-state index in [4.69, 9.17) is 18.5 Å². The zero-order chi connectivity index (χ0) is 55.6. The molecule has 0 bridgehead atoms. The third-order valence-electron chi connectivity index (χ3n) is 14.6. The van der Waals surface area contributed by atoms with Crippen LogP contribution in [0.3, 0.4) is 0 Å². The molecule has 0 aromatic carbocycles. The van der Waals surface area contributed by atoms with Crippen molar-refractivity contribution in [3.05, 3.63) is 36.5 Å². The number of quaternary nitrogens is 1. The van der Waals surface area contributed by atoms with Crippen LogP contribution in [0.5, 0.6) is 0 Å². The molecule has 10 heteroatoms. The minimum atomic E-state index is -4.64. The molecule has 2 unspecified atom stereocenters. The molecule has 76 heavy (non-hydrogen) atoms. The molecule has 0 heterocycles. The molecule has 0 rings (SSSR count). The Balaban J connectivity index is 4.05. The van der Waals surface area contributed by atoms with Gasteiger partial charge in [-0.05, 0) is 70.6 Å². The van der Waals surface area contributed by atoms with Crippen LogP contribution in [0.15, 0.2) is 36.5 Å². The third kappa shape index (κ3) is 61.4. The third-order valence-corrected chi connectivity index (χ3v) is 15.6. The van der Waals surface area contributed by atoms with Gasteiger partial charge in [0.05, 0.1) is 27.7 Å². The van der Waals surface area contributed by atoms with Gasteiger partial charge in [0, 0.05) is 12.8 Å². The molecule has 0 aromatic rings. The van der Waals surface area contributed by atoms with E-state index in [1.54, 1.807) is 0 Å². The van der Waals surface area contributed by atoms with Crippen LogP contribution in [-0.4, -0.2) is 70.0 Å². The average Bonchev–Trinajstić information content (AvgIpc) is 3.38. The normalized spacial score (nSPS) is 13.4. The predicted molar refractivity (Wildman–Crippen MR) is 324 cm³/mol. The number of carbonyl (C=O) groups excluding carboxylic acids is 2. The Bertz CT molecular complexity index is 1380. The summed E-state index contributed by atoms with van der Waals surface area (Å²) in [5, 5.41) is 0. The van der Waals surface area contributed by atoms with Crippen molar-refractivity contribution >= 4 is 19.8 Å². The van der Waals surface area contributed by atoms with Gasteiger partial charge in [-0.25, -0.2) is 0 Å². The number of rotatable bonds is 61. The number of hydrogen-bond donors (Lipinski definition) is 0. The standard InChI is InChI=1S/C66H126NO8P/c1-6-8-10-12-14-16-18-20-22-24-26-28-30-31-32-33-34-35-37-39-41-43-45-47-49-51-53-55-57-59-66(69)75-64(63-74-76(70,71)73-61-60-67(3,4)5)62-72-65(68)58-56-54-52-50-48-46-44-42-40-38-36-29-27-25-23-21-19-17-15-13-11-9-7-2/h18,20,24-27,64H,6-17,19,21-23,28-63H2,1-5H3/b20-18-,26-24-,27-25-. The van der Waals surface area contributed by atoms with E-state index in [9.17, 15) is 19.0 Å². The molecular weight excluding hydrogens is 966 g/mol. The van der Waals surface area contributed by atoms with Gasteiger partial charge in [0.1, 0.15) is 19.8 Å². The highest BCUT2D eigenvalue weighted by Crippen LogP contribution is 2.38. The van der Waals surface area contributed by atoms with Crippen LogP contribution in [0.1, 0.15) is 322 Å². The topological polar surface area (TPSA) is 111 Å². The molecule has 0 radical (unpaired) electrons. The zero-order valence-electron chi connectivity index (χ0n) is 51.0. The van der Waals surface area contributed by atoms with Crippen LogP contribution in [0.4, 0.5) is 0 Å². The number of unbranched alkanes of at least 4 members (excludes halogenated alkanes) is 41. The number of hydrogen-bond acceptors (Lipinski definition) is 8. The maximum atomic E-state index is 12.8. The summed E-state index contributed by atoms with van der Waals surface area (Å²) in [6.45, 7) is 4.28.